The molecule has 7 rings (SSSR count). The first kappa shape index (κ1) is 28.8. The lowest BCUT2D eigenvalue weighted by atomic mass is 10.0. The Morgan fingerprint density at radius 2 is 0.500 bits per heavy atom. The second-order valence-corrected chi connectivity index (χ2v) is 11.4. The summed E-state index contributed by atoms with van der Waals surface area (Å²) in [5, 5.41) is 0. The fourth-order valence-electron chi connectivity index (χ4n) is 5.45. The Labute approximate surface area is 268 Å². The lowest BCUT2D eigenvalue weighted by Gasteiger charge is -2.10. The fourth-order valence-corrected chi connectivity index (χ4v) is 5.45. The third-order valence-electron chi connectivity index (χ3n) is 7.65. The molecule has 0 spiro atoms. The summed E-state index contributed by atoms with van der Waals surface area (Å²) >= 11 is 0. The van der Waals surface area contributed by atoms with Gasteiger partial charge in [-0.1, -0.05) is 103 Å². The highest BCUT2D eigenvalue weighted by Gasteiger charge is 2.14. The summed E-state index contributed by atoms with van der Waals surface area (Å²) in [6.45, 7) is 7.92. The summed E-state index contributed by atoms with van der Waals surface area (Å²) in [5.41, 5.74) is 10.6. The van der Waals surface area contributed by atoms with Crippen molar-refractivity contribution in [1.29, 1.82) is 0 Å². The predicted octanol–water partition coefficient (Wildman–Crippen LogP) is 8.69. The van der Waals surface area contributed by atoms with Crippen LogP contribution in [0.5, 0.6) is 0 Å². The smallest absolute Gasteiger partial charge is 0.164 e. The van der Waals surface area contributed by atoms with Gasteiger partial charge in [-0.3, -0.25) is 0 Å². The van der Waals surface area contributed by atoms with Gasteiger partial charge in [-0.2, -0.15) is 0 Å². The lowest BCUT2D eigenvalue weighted by molar-refractivity contribution is 1.06. The average Bonchev–Trinajstić information content (AvgIpc) is 3.08. The molecule has 0 aliphatic heterocycles. The molecule has 3 aromatic heterocycles. The highest BCUT2D eigenvalue weighted by Crippen LogP contribution is 2.29. The van der Waals surface area contributed by atoms with Crippen molar-refractivity contribution < 1.29 is 0 Å². The van der Waals surface area contributed by atoms with Gasteiger partial charge in [0, 0.05) is 50.6 Å². The van der Waals surface area contributed by atoms with Crippen LogP contribution in [-0.2, 0) is 0 Å². The number of hydrogen-bond donors (Lipinski definition) is 0. The number of aromatic nitrogens is 7. The number of rotatable bonds is 6. The number of aryl methyl sites for hydroxylation is 4. The quantitative estimate of drug-likeness (QED) is 0.189. The van der Waals surface area contributed by atoms with Crippen molar-refractivity contribution in [3.63, 3.8) is 0 Å². The van der Waals surface area contributed by atoms with Crippen molar-refractivity contribution in [3.05, 3.63) is 138 Å². The zero-order chi connectivity index (χ0) is 31.6. The molecular formula is C39H31N7. The number of benzene rings is 4. The standard InChI is InChI=1S/C39H31N7/c1-24-22-25(2)41-35(40-24)30-14-18-33(19-15-30)38-44-37(32-12-10-29(11-13-32)28-8-6-5-7-9-28)45-39(46-38)34-20-16-31(17-21-34)36-42-26(3)23-27(4)43-36/h5-23H,1-4H3. The van der Waals surface area contributed by atoms with Crippen molar-refractivity contribution in [3.8, 4) is 68.1 Å². The van der Waals surface area contributed by atoms with Gasteiger partial charge < -0.3 is 0 Å². The number of hydrogen-bond acceptors (Lipinski definition) is 7. The third kappa shape index (κ3) is 6.16. The topological polar surface area (TPSA) is 90.2 Å². The van der Waals surface area contributed by atoms with Crippen LogP contribution < -0.4 is 0 Å². The van der Waals surface area contributed by atoms with Gasteiger partial charge in [0.25, 0.3) is 0 Å². The van der Waals surface area contributed by atoms with E-state index in [1.54, 1.807) is 0 Å². The van der Waals surface area contributed by atoms with Crippen molar-refractivity contribution in [2.24, 2.45) is 0 Å². The van der Waals surface area contributed by atoms with E-state index in [4.69, 9.17) is 15.0 Å². The Morgan fingerprint density at radius 3 is 0.804 bits per heavy atom. The van der Waals surface area contributed by atoms with Gasteiger partial charge >= 0.3 is 0 Å². The highest BCUT2D eigenvalue weighted by molar-refractivity contribution is 5.72. The molecule has 222 valence electrons. The second-order valence-electron chi connectivity index (χ2n) is 11.4. The molecule has 3 heterocycles. The van der Waals surface area contributed by atoms with Crippen molar-refractivity contribution in [2.45, 2.75) is 27.7 Å². The van der Waals surface area contributed by atoms with Crippen LogP contribution in [-0.4, -0.2) is 34.9 Å². The third-order valence-corrected chi connectivity index (χ3v) is 7.65. The largest absolute Gasteiger partial charge is 0.233 e. The monoisotopic (exact) mass is 597 g/mol. The maximum absolute atomic E-state index is 4.94. The minimum absolute atomic E-state index is 0.585. The molecule has 4 aromatic carbocycles. The van der Waals surface area contributed by atoms with E-state index in [-0.39, 0.29) is 0 Å². The van der Waals surface area contributed by atoms with E-state index in [1.807, 2.05) is 107 Å². The van der Waals surface area contributed by atoms with Gasteiger partial charge in [-0.05, 0) is 51.0 Å². The minimum Gasteiger partial charge on any atom is -0.233 e. The predicted molar refractivity (Wildman–Crippen MR) is 183 cm³/mol. The molecule has 0 amide bonds. The van der Waals surface area contributed by atoms with Gasteiger partial charge in [0.1, 0.15) is 0 Å². The summed E-state index contributed by atoms with van der Waals surface area (Å²) in [6.07, 6.45) is 0. The van der Waals surface area contributed by atoms with Crippen LogP contribution in [0.2, 0.25) is 0 Å². The van der Waals surface area contributed by atoms with E-state index in [9.17, 15) is 0 Å². The lowest BCUT2D eigenvalue weighted by Crippen LogP contribution is -2.00. The highest BCUT2D eigenvalue weighted by atomic mass is 15.0. The van der Waals surface area contributed by atoms with Gasteiger partial charge in [0.15, 0.2) is 29.1 Å². The molecule has 7 heteroatoms. The molecule has 0 aliphatic carbocycles. The summed E-state index contributed by atoms with van der Waals surface area (Å²) < 4.78 is 0. The molecule has 7 nitrogen and oxygen atoms in total. The zero-order valence-electron chi connectivity index (χ0n) is 26.1. The molecule has 0 radical (unpaired) electrons. The first-order valence-electron chi connectivity index (χ1n) is 15.2. The molecular weight excluding hydrogens is 566 g/mol. The first-order valence-corrected chi connectivity index (χ1v) is 15.2. The van der Waals surface area contributed by atoms with E-state index >= 15 is 0 Å². The molecule has 0 bridgehead atoms. The Morgan fingerprint density at radius 1 is 0.261 bits per heavy atom. The number of nitrogens with zero attached hydrogens (tertiary/aromatic N) is 7. The van der Waals surface area contributed by atoms with Crippen LogP contribution in [0.4, 0.5) is 0 Å². The summed E-state index contributed by atoms with van der Waals surface area (Å²) in [4.78, 5) is 33.3. The fraction of sp³-hybridized carbons (Fsp3) is 0.103. The van der Waals surface area contributed by atoms with Gasteiger partial charge in [-0.25, -0.2) is 34.9 Å². The molecule has 0 aliphatic rings. The normalized spacial score (nSPS) is 11.0. The molecule has 0 N–H and O–H groups in total. The first-order chi connectivity index (χ1) is 22.4. The Bertz CT molecular complexity index is 2000. The summed E-state index contributed by atoms with van der Waals surface area (Å²) in [5.74, 6) is 3.17. The molecule has 0 atom stereocenters. The molecule has 7 aromatic rings. The van der Waals surface area contributed by atoms with Gasteiger partial charge in [-0.15, -0.1) is 0 Å². The molecule has 0 saturated heterocycles. The van der Waals surface area contributed by atoms with Gasteiger partial charge in [0.05, 0.1) is 0 Å². The van der Waals surface area contributed by atoms with Gasteiger partial charge in [0.2, 0.25) is 0 Å². The van der Waals surface area contributed by atoms with Crippen molar-refractivity contribution >= 4 is 0 Å². The van der Waals surface area contributed by atoms with Crippen LogP contribution in [0.15, 0.2) is 115 Å². The van der Waals surface area contributed by atoms with Crippen LogP contribution in [0.3, 0.4) is 0 Å². The molecule has 0 unspecified atom stereocenters. The molecule has 46 heavy (non-hydrogen) atoms. The van der Waals surface area contributed by atoms with E-state index in [0.29, 0.717) is 29.1 Å². The SMILES string of the molecule is Cc1cc(C)nc(-c2ccc(-c3nc(-c4ccc(-c5ccccc5)cc4)nc(-c4ccc(-c5nc(C)cc(C)n5)cc4)n3)cc2)n1. The molecule has 0 saturated carbocycles. The minimum atomic E-state index is 0.585. The van der Waals surface area contributed by atoms with Crippen LogP contribution >= 0.6 is 0 Å². The van der Waals surface area contributed by atoms with Crippen LogP contribution in [0, 0.1) is 27.7 Å². The van der Waals surface area contributed by atoms with E-state index < -0.39 is 0 Å². The maximum Gasteiger partial charge on any atom is 0.164 e. The Balaban J connectivity index is 1.29. The zero-order valence-corrected chi connectivity index (χ0v) is 26.1. The van der Waals surface area contributed by atoms with E-state index in [0.717, 1.165) is 61.7 Å². The van der Waals surface area contributed by atoms with Crippen molar-refractivity contribution in [1.82, 2.24) is 34.9 Å². The maximum atomic E-state index is 4.94. The Kier molecular flexibility index (Phi) is 7.64. The molecule has 0 fully saturated rings. The van der Waals surface area contributed by atoms with Crippen LogP contribution in [0.25, 0.3) is 68.1 Å². The van der Waals surface area contributed by atoms with E-state index in [2.05, 4.69) is 56.3 Å². The van der Waals surface area contributed by atoms with Crippen LogP contribution in [0.1, 0.15) is 22.8 Å². The van der Waals surface area contributed by atoms with Crippen molar-refractivity contribution in [2.75, 3.05) is 0 Å². The summed E-state index contributed by atoms with van der Waals surface area (Å²) in [7, 11) is 0. The van der Waals surface area contributed by atoms with E-state index in [1.165, 1.54) is 0 Å². The summed E-state index contributed by atoms with van der Waals surface area (Å²) in [6, 6.07) is 38.7. The Hall–Kier alpha value is -5.95. The second kappa shape index (κ2) is 12.2. The average molecular weight is 598 g/mol.